The summed E-state index contributed by atoms with van der Waals surface area (Å²) in [6.45, 7) is 7.41. The molecule has 1 amide bonds. The van der Waals surface area contributed by atoms with Gasteiger partial charge in [0.1, 0.15) is 0 Å². The molecule has 3 nitrogen and oxygen atoms in total. The normalized spacial score (nSPS) is 21.9. The zero-order valence-corrected chi connectivity index (χ0v) is 9.88. The fourth-order valence-electron chi connectivity index (χ4n) is 1.99. The zero-order chi connectivity index (χ0) is 11.3. The van der Waals surface area contributed by atoms with Gasteiger partial charge in [-0.3, -0.25) is 4.79 Å². The molecule has 1 fully saturated rings. The van der Waals surface area contributed by atoms with Crippen LogP contribution in [0, 0.1) is 0 Å². The predicted molar refractivity (Wildman–Crippen MR) is 62.7 cm³/mol. The van der Waals surface area contributed by atoms with Crippen molar-refractivity contribution in [1.29, 1.82) is 0 Å². The van der Waals surface area contributed by atoms with Crippen LogP contribution >= 0.6 is 0 Å². The van der Waals surface area contributed by atoms with Crippen LogP contribution in [0.2, 0.25) is 0 Å². The second-order valence-corrected chi connectivity index (χ2v) is 4.51. The second kappa shape index (κ2) is 5.91. The third-order valence-corrected chi connectivity index (χ3v) is 2.74. The molecular weight excluding hydrogens is 188 g/mol. The Balaban J connectivity index is 2.46. The number of nitrogens with one attached hydrogen (secondary N) is 1. The highest BCUT2D eigenvalue weighted by Gasteiger charge is 2.22. The van der Waals surface area contributed by atoms with Crippen LogP contribution in [0.5, 0.6) is 0 Å². The molecule has 0 radical (unpaired) electrons. The summed E-state index contributed by atoms with van der Waals surface area (Å²) in [6.07, 6.45) is 4.55. The van der Waals surface area contributed by atoms with Gasteiger partial charge in [0.15, 0.2) is 0 Å². The van der Waals surface area contributed by atoms with Crippen LogP contribution in [-0.4, -0.2) is 37.0 Å². The molecule has 1 heterocycles. The molecule has 0 aromatic rings. The Kier molecular flexibility index (Phi) is 4.82. The Morgan fingerprint density at radius 2 is 2.20 bits per heavy atom. The number of carbonyl (C=O) groups excluding carboxylic acids is 1. The third-order valence-electron chi connectivity index (χ3n) is 2.74. The van der Waals surface area contributed by atoms with Crippen LogP contribution in [0.1, 0.15) is 32.6 Å². The van der Waals surface area contributed by atoms with Gasteiger partial charge in [-0.15, -0.1) is 0 Å². The summed E-state index contributed by atoms with van der Waals surface area (Å²) >= 11 is 0. The third kappa shape index (κ3) is 4.04. The largest absolute Gasteiger partial charge is 0.340 e. The number of carbonyl (C=O) groups is 1. The van der Waals surface area contributed by atoms with Gasteiger partial charge in [0.25, 0.3) is 0 Å². The van der Waals surface area contributed by atoms with E-state index in [1.54, 1.807) is 4.90 Å². The first-order valence-electron chi connectivity index (χ1n) is 5.74. The summed E-state index contributed by atoms with van der Waals surface area (Å²) in [7, 11) is 1.85. The number of amides is 1. The summed E-state index contributed by atoms with van der Waals surface area (Å²) in [5.74, 6) is 0.208. The van der Waals surface area contributed by atoms with Gasteiger partial charge in [-0.2, -0.15) is 0 Å². The van der Waals surface area contributed by atoms with Gasteiger partial charge in [-0.05, 0) is 26.3 Å². The van der Waals surface area contributed by atoms with E-state index in [0.717, 1.165) is 25.0 Å². The number of hydrogen-bond donors (Lipinski definition) is 1. The quantitative estimate of drug-likeness (QED) is 0.717. The van der Waals surface area contributed by atoms with Crippen molar-refractivity contribution in [3.63, 3.8) is 0 Å². The van der Waals surface area contributed by atoms with E-state index < -0.39 is 0 Å². The van der Waals surface area contributed by atoms with Gasteiger partial charge in [0.2, 0.25) is 5.91 Å². The summed E-state index contributed by atoms with van der Waals surface area (Å²) < 4.78 is 0. The van der Waals surface area contributed by atoms with Crippen molar-refractivity contribution in [2.75, 3.05) is 20.1 Å². The number of likely N-dealkylation sites (N-methyl/N-ethyl adjacent to an activating group) is 1. The molecule has 1 saturated heterocycles. The molecule has 15 heavy (non-hydrogen) atoms. The number of hydrogen-bond acceptors (Lipinski definition) is 2. The molecule has 0 aromatic carbocycles. The van der Waals surface area contributed by atoms with Crippen LogP contribution in [0.4, 0.5) is 0 Å². The molecule has 0 aromatic heterocycles. The first-order valence-corrected chi connectivity index (χ1v) is 5.74. The lowest BCUT2D eigenvalue weighted by molar-refractivity contribution is -0.131. The molecule has 86 valence electrons. The van der Waals surface area contributed by atoms with Crippen LogP contribution in [0.3, 0.4) is 0 Å². The van der Waals surface area contributed by atoms with Crippen molar-refractivity contribution >= 4 is 5.91 Å². The van der Waals surface area contributed by atoms with Gasteiger partial charge in [-0.25, -0.2) is 0 Å². The van der Waals surface area contributed by atoms with Crippen molar-refractivity contribution < 1.29 is 4.79 Å². The van der Waals surface area contributed by atoms with E-state index in [1.807, 2.05) is 14.0 Å². The highest BCUT2D eigenvalue weighted by atomic mass is 16.2. The van der Waals surface area contributed by atoms with E-state index in [-0.39, 0.29) is 11.9 Å². The Labute approximate surface area is 92.5 Å². The molecule has 1 rings (SSSR count). The molecule has 0 aliphatic carbocycles. The van der Waals surface area contributed by atoms with Crippen molar-refractivity contribution in [3.05, 3.63) is 12.2 Å². The topological polar surface area (TPSA) is 32.3 Å². The van der Waals surface area contributed by atoms with Crippen molar-refractivity contribution in [3.8, 4) is 0 Å². The van der Waals surface area contributed by atoms with Gasteiger partial charge in [0.05, 0.1) is 6.04 Å². The fourth-order valence-corrected chi connectivity index (χ4v) is 1.99. The van der Waals surface area contributed by atoms with Crippen LogP contribution < -0.4 is 5.32 Å². The van der Waals surface area contributed by atoms with E-state index in [4.69, 9.17) is 0 Å². The van der Waals surface area contributed by atoms with Gasteiger partial charge in [-0.1, -0.05) is 25.0 Å². The lowest BCUT2D eigenvalue weighted by Gasteiger charge is -2.23. The summed E-state index contributed by atoms with van der Waals surface area (Å²) in [5.41, 5.74) is 1.03. The average Bonchev–Trinajstić information content (AvgIpc) is 2.43. The molecule has 1 unspecified atom stereocenters. The van der Waals surface area contributed by atoms with Crippen molar-refractivity contribution in [2.45, 2.75) is 38.6 Å². The summed E-state index contributed by atoms with van der Waals surface area (Å²) in [5, 5.41) is 3.31. The minimum Gasteiger partial charge on any atom is -0.340 e. The highest BCUT2D eigenvalue weighted by Crippen LogP contribution is 2.10. The molecule has 1 aliphatic heterocycles. The molecule has 3 heteroatoms. The molecule has 0 bridgehead atoms. The lowest BCUT2D eigenvalue weighted by atomic mass is 10.1. The highest BCUT2D eigenvalue weighted by molar-refractivity contribution is 5.81. The first-order chi connectivity index (χ1) is 7.11. The van der Waals surface area contributed by atoms with Crippen LogP contribution in [-0.2, 0) is 4.79 Å². The Bertz CT molecular complexity index is 230. The fraction of sp³-hybridized carbons (Fsp3) is 0.750. The Hall–Kier alpha value is -0.830. The second-order valence-electron chi connectivity index (χ2n) is 4.51. The molecule has 1 aliphatic rings. The van der Waals surface area contributed by atoms with Crippen molar-refractivity contribution in [2.24, 2.45) is 0 Å². The predicted octanol–water partition coefficient (Wildman–Crippen LogP) is 1.55. The van der Waals surface area contributed by atoms with E-state index in [9.17, 15) is 4.79 Å². The molecule has 0 saturated carbocycles. The zero-order valence-electron chi connectivity index (χ0n) is 9.88. The van der Waals surface area contributed by atoms with Crippen LogP contribution in [0.15, 0.2) is 12.2 Å². The maximum atomic E-state index is 12.0. The van der Waals surface area contributed by atoms with Crippen molar-refractivity contribution in [1.82, 2.24) is 10.2 Å². The van der Waals surface area contributed by atoms with E-state index in [0.29, 0.717) is 6.54 Å². The molecule has 0 spiro atoms. The summed E-state index contributed by atoms with van der Waals surface area (Å²) in [6, 6.07) is 0.0249. The molecular formula is C12H22N2O. The van der Waals surface area contributed by atoms with Gasteiger partial charge >= 0.3 is 0 Å². The van der Waals surface area contributed by atoms with E-state index >= 15 is 0 Å². The minimum atomic E-state index is 0.0249. The first kappa shape index (κ1) is 12.2. The maximum Gasteiger partial charge on any atom is 0.239 e. The Morgan fingerprint density at radius 3 is 2.87 bits per heavy atom. The van der Waals surface area contributed by atoms with Gasteiger partial charge < -0.3 is 10.2 Å². The standard InChI is InChI=1S/C12H22N2O/c1-10(2)9-14(3)12(15)11-7-5-4-6-8-13-11/h11,13H,1,4-9H2,2-3H3. The molecule has 1 atom stereocenters. The van der Waals surface area contributed by atoms with Crippen LogP contribution in [0.25, 0.3) is 0 Å². The number of rotatable bonds is 3. The van der Waals surface area contributed by atoms with E-state index in [1.165, 1.54) is 12.8 Å². The Morgan fingerprint density at radius 1 is 1.47 bits per heavy atom. The SMILES string of the molecule is C=C(C)CN(C)C(=O)C1CCCCCN1. The smallest absolute Gasteiger partial charge is 0.239 e. The molecule has 1 N–H and O–H groups in total. The minimum absolute atomic E-state index is 0.0249. The number of nitrogens with zero attached hydrogens (tertiary/aromatic N) is 1. The van der Waals surface area contributed by atoms with Gasteiger partial charge in [0, 0.05) is 13.6 Å². The summed E-state index contributed by atoms with van der Waals surface area (Å²) in [4.78, 5) is 13.8. The average molecular weight is 210 g/mol. The van der Waals surface area contributed by atoms with E-state index in [2.05, 4.69) is 11.9 Å². The monoisotopic (exact) mass is 210 g/mol. The maximum absolute atomic E-state index is 12.0. The lowest BCUT2D eigenvalue weighted by Crippen LogP contribution is -2.45.